The lowest BCUT2D eigenvalue weighted by Gasteiger charge is -2.30. The van der Waals surface area contributed by atoms with Crippen molar-refractivity contribution in [3.05, 3.63) is 60.0 Å². The molecule has 0 spiro atoms. The summed E-state index contributed by atoms with van der Waals surface area (Å²) in [7, 11) is 0. The zero-order valence-electron chi connectivity index (χ0n) is 9.43. The van der Waals surface area contributed by atoms with Crippen LogP contribution in [-0.2, 0) is 0 Å². The molecular formula is C15H12N2. The first-order chi connectivity index (χ1) is 8.43. The molecule has 82 valence electrons. The molecule has 3 aliphatic heterocycles. The third kappa shape index (κ3) is 1.18. The van der Waals surface area contributed by atoms with E-state index in [0.717, 1.165) is 18.7 Å². The molecule has 0 bridgehead atoms. The van der Waals surface area contributed by atoms with E-state index in [9.17, 15) is 0 Å². The van der Waals surface area contributed by atoms with Gasteiger partial charge in [0.25, 0.3) is 0 Å². The molecule has 0 aliphatic carbocycles. The highest BCUT2D eigenvalue weighted by Crippen LogP contribution is 2.41. The number of benzene rings is 1. The summed E-state index contributed by atoms with van der Waals surface area (Å²) < 4.78 is 0. The molecule has 1 aromatic rings. The first-order valence-corrected chi connectivity index (χ1v) is 5.96. The summed E-state index contributed by atoms with van der Waals surface area (Å²) in [5.74, 6) is 0. The predicted octanol–water partition coefficient (Wildman–Crippen LogP) is 3.27. The van der Waals surface area contributed by atoms with Gasteiger partial charge in [0.1, 0.15) is 0 Å². The van der Waals surface area contributed by atoms with Gasteiger partial charge < -0.3 is 4.90 Å². The number of fused-ring (bicyclic) bond motifs is 4. The normalized spacial score (nSPS) is 20.0. The molecule has 0 unspecified atom stereocenters. The van der Waals surface area contributed by atoms with Gasteiger partial charge >= 0.3 is 0 Å². The topological polar surface area (TPSA) is 15.6 Å². The van der Waals surface area contributed by atoms with Crippen LogP contribution in [0.15, 0.2) is 59.4 Å². The third-order valence-corrected chi connectivity index (χ3v) is 3.50. The Bertz CT molecular complexity index is 618. The lowest BCUT2D eigenvalue weighted by atomic mass is 9.94. The Kier molecular flexibility index (Phi) is 1.69. The molecule has 3 heterocycles. The summed E-state index contributed by atoms with van der Waals surface area (Å²) in [5.41, 5.74) is 6.27. The molecule has 0 N–H and O–H groups in total. The van der Waals surface area contributed by atoms with Crippen LogP contribution in [0, 0.1) is 0 Å². The number of para-hydroxylation sites is 1. The fourth-order valence-corrected chi connectivity index (χ4v) is 2.73. The number of hydrogen-bond acceptors (Lipinski definition) is 2. The number of hydrogen-bond donors (Lipinski definition) is 0. The van der Waals surface area contributed by atoms with Gasteiger partial charge in [-0.05, 0) is 18.2 Å². The van der Waals surface area contributed by atoms with E-state index in [1.54, 1.807) is 0 Å². The van der Waals surface area contributed by atoms with Crippen LogP contribution in [0.5, 0.6) is 0 Å². The van der Waals surface area contributed by atoms with Crippen LogP contribution in [0.2, 0.25) is 0 Å². The van der Waals surface area contributed by atoms with Crippen LogP contribution in [-0.4, -0.2) is 17.2 Å². The van der Waals surface area contributed by atoms with Gasteiger partial charge in [-0.2, -0.15) is 0 Å². The van der Waals surface area contributed by atoms with Crippen LogP contribution >= 0.6 is 0 Å². The summed E-state index contributed by atoms with van der Waals surface area (Å²) in [6.45, 7) is 1.03. The van der Waals surface area contributed by atoms with Crippen LogP contribution in [0.4, 0.5) is 5.69 Å². The van der Waals surface area contributed by atoms with Crippen molar-refractivity contribution >= 4 is 17.0 Å². The fraction of sp³-hybridized carbons (Fsp3) is 0.133. The van der Waals surface area contributed by atoms with Crippen LogP contribution in [0.1, 0.15) is 12.0 Å². The van der Waals surface area contributed by atoms with Crippen molar-refractivity contribution in [3.8, 4) is 0 Å². The largest absolute Gasteiger partial charge is 0.347 e. The fourth-order valence-electron chi connectivity index (χ4n) is 2.73. The molecule has 0 radical (unpaired) electrons. The van der Waals surface area contributed by atoms with Crippen molar-refractivity contribution in [3.63, 3.8) is 0 Å². The minimum Gasteiger partial charge on any atom is -0.347 e. The molecule has 1 aromatic carbocycles. The van der Waals surface area contributed by atoms with Crippen LogP contribution in [0.25, 0.3) is 5.57 Å². The highest BCUT2D eigenvalue weighted by molar-refractivity contribution is 6.30. The molecule has 0 atom stereocenters. The minimum absolute atomic E-state index is 1.03. The van der Waals surface area contributed by atoms with Crippen LogP contribution in [0.3, 0.4) is 0 Å². The highest BCUT2D eigenvalue weighted by atomic mass is 15.1. The Balaban J connectivity index is 2.00. The second-order valence-electron chi connectivity index (χ2n) is 4.48. The summed E-state index contributed by atoms with van der Waals surface area (Å²) in [6.07, 6.45) is 9.56. The molecule has 0 amide bonds. The summed E-state index contributed by atoms with van der Waals surface area (Å²) in [5, 5.41) is 0. The summed E-state index contributed by atoms with van der Waals surface area (Å²) in [4.78, 5) is 7.05. The molecule has 0 saturated carbocycles. The monoisotopic (exact) mass is 220 g/mol. The lowest BCUT2D eigenvalue weighted by molar-refractivity contribution is 0.485. The predicted molar refractivity (Wildman–Crippen MR) is 70.1 cm³/mol. The molecule has 3 aliphatic rings. The molecule has 17 heavy (non-hydrogen) atoms. The Morgan fingerprint density at radius 1 is 1.12 bits per heavy atom. The maximum Gasteiger partial charge on any atom is 0.0713 e. The average Bonchev–Trinajstić information content (AvgIpc) is 2.77. The van der Waals surface area contributed by atoms with Crippen molar-refractivity contribution in [1.29, 1.82) is 0 Å². The standard InChI is InChI=1S/C15H12N2/c1-2-6-12-11(5-1)15-13(16-12)8-10-17-9-4-3-7-14(15)17/h1-7,9H,8,10H2. The van der Waals surface area contributed by atoms with E-state index in [4.69, 9.17) is 4.99 Å². The van der Waals surface area contributed by atoms with Crippen molar-refractivity contribution in [1.82, 2.24) is 4.90 Å². The Labute approximate surface area is 100 Å². The summed E-state index contributed by atoms with van der Waals surface area (Å²) in [6, 6.07) is 8.41. The molecule has 0 saturated heterocycles. The number of rotatable bonds is 0. The Hall–Kier alpha value is -2.09. The van der Waals surface area contributed by atoms with Crippen molar-refractivity contribution in [2.45, 2.75) is 6.42 Å². The van der Waals surface area contributed by atoms with E-state index < -0.39 is 0 Å². The van der Waals surface area contributed by atoms with E-state index >= 15 is 0 Å². The molecule has 2 heteroatoms. The van der Waals surface area contributed by atoms with Crippen molar-refractivity contribution in [2.24, 2.45) is 4.99 Å². The molecule has 4 rings (SSSR count). The van der Waals surface area contributed by atoms with E-state index in [1.807, 2.05) is 0 Å². The maximum absolute atomic E-state index is 4.74. The van der Waals surface area contributed by atoms with Crippen molar-refractivity contribution in [2.75, 3.05) is 6.54 Å². The first-order valence-electron chi connectivity index (χ1n) is 5.96. The van der Waals surface area contributed by atoms with Gasteiger partial charge in [-0.15, -0.1) is 0 Å². The third-order valence-electron chi connectivity index (χ3n) is 3.50. The zero-order chi connectivity index (χ0) is 11.2. The Morgan fingerprint density at radius 2 is 2.06 bits per heavy atom. The van der Waals surface area contributed by atoms with Gasteiger partial charge in [0.05, 0.1) is 17.1 Å². The highest BCUT2D eigenvalue weighted by Gasteiger charge is 2.29. The average molecular weight is 220 g/mol. The van der Waals surface area contributed by atoms with E-state index in [1.165, 1.54) is 22.5 Å². The lowest BCUT2D eigenvalue weighted by Crippen LogP contribution is -2.27. The maximum atomic E-state index is 4.74. The van der Waals surface area contributed by atoms with Gasteiger partial charge in [0.15, 0.2) is 0 Å². The molecule has 0 fully saturated rings. The quantitative estimate of drug-likeness (QED) is 0.655. The number of allylic oxidation sites excluding steroid dienone is 4. The van der Waals surface area contributed by atoms with E-state index in [0.29, 0.717) is 0 Å². The minimum atomic E-state index is 1.03. The molecular weight excluding hydrogens is 208 g/mol. The van der Waals surface area contributed by atoms with E-state index in [-0.39, 0.29) is 0 Å². The number of nitrogens with zero attached hydrogens (tertiary/aromatic N) is 2. The van der Waals surface area contributed by atoms with Gasteiger partial charge in [0, 0.05) is 30.3 Å². The van der Waals surface area contributed by atoms with Gasteiger partial charge in [-0.25, -0.2) is 0 Å². The SMILES string of the molecule is C1=CC2=C3C(=Nc4ccccc43)CCN2C=C1. The van der Waals surface area contributed by atoms with Crippen molar-refractivity contribution < 1.29 is 0 Å². The number of aliphatic imine (C=N–C) groups is 1. The van der Waals surface area contributed by atoms with Gasteiger partial charge in [0.2, 0.25) is 0 Å². The smallest absolute Gasteiger partial charge is 0.0713 e. The first kappa shape index (κ1) is 8.99. The van der Waals surface area contributed by atoms with Gasteiger partial charge in [-0.3, -0.25) is 4.99 Å². The summed E-state index contributed by atoms with van der Waals surface area (Å²) >= 11 is 0. The van der Waals surface area contributed by atoms with E-state index in [2.05, 4.69) is 53.6 Å². The van der Waals surface area contributed by atoms with Gasteiger partial charge in [-0.1, -0.05) is 24.3 Å². The molecule has 0 aromatic heterocycles. The van der Waals surface area contributed by atoms with Crippen LogP contribution < -0.4 is 0 Å². The molecule has 2 nitrogen and oxygen atoms in total. The Morgan fingerprint density at radius 3 is 3.06 bits per heavy atom. The zero-order valence-corrected chi connectivity index (χ0v) is 9.43. The second-order valence-corrected chi connectivity index (χ2v) is 4.48. The second kappa shape index (κ2) is 3.20.